The fraction of sp³-hybridized carbons (Fsp3) is 0.0435. The van der Waals surface area contributed by atoms with E-state index in [4.69, 9.17) is 32.7 Å². The zero-order chi connectivity index (χ0) is 21.1. The number of rotatable bonds is 5. The molecule has 0 saturated carbocycles. The Morgan fingerprint density at radius 1 is 0.967 bits per heavy atom. The summed E-state index contributed by atoms with van der Waals surface area (Å²) in [5.41, 5.74) is 2.71. The highest BCUT2D eigenvalue weighted by Crippen LogP contribution is 2.24. The summed E-state index contributed by atoms with van der Waals surface area (Å²) >= 11 is 15.3. The van der Waals surface area contributed by atoms with Crippen molar-refractivity contribution in [2.75, 3.05) is 0 Å². The first-order valence-electron chi connectivity index (χ1n) is 8.93. The number of carbonyl (C=O) groups excluding carboxylic acids is 1. The van der Waals surface area contributed by atoms with Crippen molar-refractivity contribution in [2.24, 2.45) is 4.99 Å². The molecule has 0 saturated heterocycles. The van der Waals surface area contributed by atoms with Crippen LogP contribution in [0.25, 0.3) is 6.08 Å². The Balaban J connectivity index is 1.44. The molecule has 3 aromatic rings. The van der Waals surface area contributed by atoms with Crippen LogP contribution in [0.5, 0.6) is 5.75 Å². The molecule has 0 amide bonds. The lowest BCUT2D eigenvalue weighted by atomic mass is 10.2. The molecule has 0 radical (unpaired) electrons. The smallest absolute Gasteiger partial charge is 0.363 e. The molecule has 0 atom stereocenters. The molecule has 1 heterocycles. The Labute approximate surface area is 191 Å². The van der Waals surface area contributed by atoms with E-state index in [1.54, 1.807) is 18.2 Å². The minimum atomic E-state index is -0.479. The van der Waals surface area contributed by atoms with Crippen LogP contribution in [-0.2, 0) is 16.1 Å². The first kappa shape index (κ1) is 20.7. The second-order valence-corrected chi connectivity index (χ2v) is 8.18. The van der Waals surface area contributed by atoms with Gasteiger partial charge in [0.25, 0.3) is 0 Å². The van der Waals surface area contributed by atoms with Crippen molar-refractivity contribution < 1.29 is 14.3 Å². The van der Waals surface area contributed by atoms with Gasteiger partial charge in [-0.1, -0.05) is 57.3 Å². The van der Waals surface area contributed by atoms with Crippen LogP contribution in [0.4, 0.5) is 0 Å². The molecule has 0 aromatic heterocycles. The van der Waals surface area contributed by atoms with E-state index in [-0.39, 0.29) is 5.70 Å². The topological polar surface area (TPSA) is 47.9 Å². The number of halogens is 3. The van der Waals surface area contributed by atoms with Gasteiger partial charge in [0.15, 0.2) is 5.70 Å². The molecule has 0 bridgehead atoms. The summed E-state index contributed by atoms with van der Waals surface area (Å²) in [6.07, 6.45) is 1.68. The van der Waals surface area contributed by atoms with Crippen molar-refractivity contribution in [3.8, 4) is 5.75 Å². The van der Waals surface area contributed by atoms with Crippen molar-refractivity contribution in [2.45, 2.75) is 6.61 Å². The van der Waals surface area contributed by atoms with Gasteiger partial charge < -0.3 is 9.47 Å². The zero-order valence-corrected chi connectivity index (χ0v) is 18.5. The van der Waals surface area contributed by atoms with Crippen molar-refractivity contribution in [1.29, 1.82) is 0 Å². The summed E-state index contributed by atoms with van der Waals surface area (Å²) in [6.45, 7) is 0.366. The highest BCUT2D eigenvalue weighted by Gasteiger charge is 2.24. The Kier molecular flexibility index (Phi) is 6.23. The normalized spacial score (nSPS) is 14.6. The van der Waals surface area contributed by atoms with Crippen LogP contribution < -0.4 is 4.74 Å². The SMILES string of the molecule is O=C1OC(c2ccc(Br)cc2)=N/C1=C\c1ccc(OCc2ccc(Cl)c(Cl)c2)cc1. The molecular weight excluding hydrogens is 489 g/mol. The van der Waals surface area contributed by atoms with Crippen LogP contribution >= 0.6 is 39.1 Å². The number of hydrogen-bond acceptors (Lipinski definition) is 4. The summed E-state index contributed by atoms with van der Waals surface area (Å²) in [5.74, 6) is 0.504. The van der Waals surface area contributed by atoms with Crippen LogP contribution in [0.3, 0.4) is 0 Å². The number of aliphatic imine (C=N–C) groups is 1. The molecule has 1 aliphatic rings. The summed E-state index contributed by atoms with van der Waals surface area (Å²) in [4.78, 5) is 16.5. The summed E-state index contributed by atoms with van der Waals surface area (Å²) in [7, 11) is 0. The van der Waals surface area contributed by atoms with Gasteiger partial charge in [-0.05, 0) is 65.7 Å². The lowest BCUT2D eigenvalue weighted by Crippen LogP contribution is -2.05. The molecule has 0 aliphatic carbocycles. The summed E-state index contributed by atoms with van der Waals surface area (Å²) in [6, 6.07) is 20.1. The minimum absolute atomic E-state index is 0.248. The van der Waals surface area contributed by atoms with Crippen LogP contribution in [0.15, 0.2) is 81.9 Å². The molecule has 0 spiro atoms. The molecule has 7 heteroatoms. The molecule has 3 aromatic carbocycles. The maximum atomic E-state index is 12.1. The Bertz CT molecular complexity index is 1160. The summed E-state index contributed by atoms with van der Waals surface area (Å²) < 4.78 is 12.0. The Hall–Kier alpha value is -2.60. The van der Waals surface area contributed by atoms with Crippen molar-refractivity contribution in [1.82, 2.24) is 0 Å². The largest absolute Gasteiger partial charge is 0.489 e. The number of carbonyl (C=O) groups is 1. The van der Waals surface area contributed by atoms with Gasteiger partial charge in [-0.2, -0.15) is 0 Å². The Morgan fingerprint density at radius 2 is 1.70 bits per heavy atom. The van der Waals surface area contributed by atoms with E-state index >= 15 is 0 Å². The summed E-state index contributed by atoms with van der Waals surface area (Å²) in [5, 5.41) is 1.00. The average molecular weight is 503 g/mol. The number of esters is 1. The van der Waals surface area contributed by atoms with Gasteiger partial charge in [-0.3, -0.25) is 0 Å². The third-order valence-corrected chi connectivity index (χ3v) is 5.55. The first-order chi connectivity index (χ1) is 14.5. The van der Waals surface area contributed by atoms with Gasteiger partial charge in [0.1, 0.15) is 12.4 Å². The van der Waals surface area contributed by atoms with Crippen LogP contribution in [0.1, 0.15) is 16.7 Å². The maximum absolute atomic E-state index is 12.1. The van der Waals surface area contributed by atoms with E-state index < -0.39 is 5.97 Å². The fourth-order valence-corrected chi connectivity index (χ4v) is 3.32. The monoisotopic (exact) mass is 501 g/mol. The van der Waals surface area contributed by atoms with Crippen LogP contribution in [0.2, 0.25) is 10.0 Å². The second kappa shape index (κ2) is 9.04. The Morgan fingerprint density at radius 3 is 2.40 bits per heavy atom. The number of hydrogen-bond donors (Lipinski definition) is 0. The van der Waals surface area contributed by atoms with E-state index in [2.05, 4.69) is 20.9 Å². The highest BCUT2D eigenvalue weighted by atomic mass is 79.9. The average Bonchev–Trinajstić information content (AvgIpc) is 3.10. The fourth-order valence-electron chi connectivity index (χ4n) is 2.74. The molecular formula is C23H14BrCl2NO3. The molecule has 4 rings (SSSR count). The van der Waals surface area contributed by atoms with Crippen molar-refractivity contribution >= 4 is 57.1 Å². The predicted octanol–water partition coefficient (Wildman–Crippen LogP) is 6.68. The molecule has 30 heavy (non-hydrogen) atoms. The van der Waals surface area contributed by atoms with Gasteiger partial charge in [0.05, 0.1) is 10.0 Å². The third kappa shape index (κ3) is 4.93. The van der Waals surface area contributed by atoms with E-state index in [1.165, 1.54) is 0 Å². The number of benzene rings is 3. The van der Waals surface area contributed by atoms with Gasteiger partial charge in [-0.15, -0.1) is 0 Å². The quantitative estimate of drug-likeness (QED) is 0.289. The predicted molar refractivity (Wildman–Crippen MR) is 122 cm³/mol. The van der Waals surface area contributed by atoms with Gasteiger partial charge in [-0.25, -0.2) is 9.79 Å². The molecule has 0 N–H and O–H groups in total. The van der Waals surface area contributed by atoms with Crippen molar-refractivity contribution in [3.05, 3.63) is 104 Å². The standard InChI is InChI=1S/C23H14BrCl2NO3/c24-17-6-4-16(5-7-17)22-27-21(23(28)30-22)12-14-1-8-18(9-2-14)29-13-15-3-10-19(25)20(26)11-15/h1-12H,13H2/b21-12-. The van der Waals surface area contributed by atoms with E-state index in [1.807, 2.05) is 54.6 Å². The van der Waals surface area contributed by atoms with Gasteiger partial charge in [0.2, 0.25) is 5.90 Å². The van der Waals surface area contributed by atoms with E-state index in [0.717, 1.165) is 21.2 Å². The third-order valence-electron chi connectivity index (χ3n) is 4.28. The first-order valence-corrected chi connectivity index (χ1v) is 10.5. The van der Waals surface area contributed by atoms with Crippen LogP contribution in [0, 0.1) is 0 Å². The molecule has 150 valence electrons. The zero-order valence-electron chi connectivity index (χ0n) is 15.4. The van der Waals surface area contributed by atoms with Gasteiger partial charge in [0, 0.05) is 10.0 Å². The molecule has 0 fully saturated rings. The van der Waals surface area contributed by atoms with Gasteiger partial charge >= 0.3 is 5.97 Å². The number of cyclic esters (lactones) is 1. The highest BCUT2D eigenvalue weighted by molar-refractivity contribution is 9.10. The number of ether oxygens (including phenoxy) is 2. The molecule has 0 unspecified atom stereocenters. The maximum Gasteiger partial charge on any atom is 0.363 e. The molecule has 4 nitrogen and oxygen atoms in total. The lowest BCUT2D eigenvalue weighted by Gasteiger charge is -2.07. The lowest BCUT2D eigenvalue weighted by molar-refractivity contribution is -0.129. The minimum Gasteiger partial charge on any atom is -0.489 e. The number of nitrogens with zero attached hydrogens (tertiary/aromatic N) is 1. The van der Waals surface area contributed by atoms with E-state index in [9.17, 15) is 4.79 Å². The second-order valence-electron chi connectivity index (χ2n) is 6.45. The van der Waals surface area contributed by atoms with E-state index in [0.29, 0.717) is 28.3 Å². The van der Waals surface area contributed by atoms with Crippen LogP contribution in [-0.4, -0.2) is 11.9 Å². The van der Waals surface area contributed by atoms with Crippen molar-refractivity contribution in [3.63, 3.8) is 0 Å². The molecule has 1 aliphatic heterocycles.